The second-order valence-electron chi connectivity index (χ2n) is 14.4. The number of nitrogens with zero attached hydrogens (tertiary/aromatic N) is 5. The first-order valence-electron chi connectivity index (χ1n) is 18.1. The van der Waals surface area contributed by atoms with E-state index in [1.165, 1.54) is 37.7 Å². The number of aromatic nitrogens is 4. The molecule has 16 heteroatoms. The van der Waals surface area contributed by atoms with E-state index in [4.69, 9.17) is 26.3 Å². The number of fused-ring (bicyclic) bond motifs is 1. The Morgan fingerprint density at radius 3 is 2.26 bits per heavy atom. The van der Waals surface area contributed by atoms with Crippen molar-refractivity contribution in [3.05, 3.63) is 113 Å². The third-order valence-corrected chi connectivity index (χ3v) is 9.37. The zero-order valence-electron chi connectivity index (χ0n) is 33.5. The van der Waals surface area contributed by atoms with Gasteiger partial charge in [0.15, 0.2) is 11.5 Å². The normalized spacial score (nSPS) is 14.1. The highest BCUT2D eigenvalue weighted by atomic mass is 35.5. The van der Waals surface area contributed by atoms with E-state index in [-0.39, 0.29) is 35.5 Å². The number of nitriles is 1. The summed E-state index contributed by atoms with van der Waals surface area (Å²) in [5, 5.41) is 24.4. The molecule has 1 aliphatic rings. The lowest BCUT2D eigenvalue weighted by Crippen LogP contribution is -2.46. The second kappa shape index (κ2) is 19.6. The van der Waals surface area contributed by atoms with Crippen LogP contribution in [0.4, 0.5) is 14.5 Å². The number of amides is 1. The molecule has 1 amide bonds. The van der Waals surface area contributed by atoms with Crippen LogP contribution in [0.1, 0.15) is 56.0 Å². The first-order chi connectivity index (χ1) is 27.4. The van der Waals surface area contributed by atoms with Crippen LogP contribution < -0.4 is 14.4 Å². The molecule has 0 unspecified atom stereocenters. The molecular weight excluding hydrogens is 774 g/mol. The minimum Gasteiger partial charge on any atom is -0.467 e. The molecular formula is C42H47ClF2N6O7. The first-order valence-corrected chi connectivity index (χ1v) is 18.5. The van der Waals surface area contributed by atoms with Gasteiger partial charge in [-0.15, -0.1) is 8.78 Å². The molecule has 0 aliphatic carbocycles. The molecule has 2 N–H and O–H groups in total. The van der Waals surface area contributed by atoms with Gasteiger partial charge < -0.3 is 29.0 Å². The zero-order valence-corrected chi connectivity index (χ0v) is 34.3. The number of anilines is 1. The smallest absolute Gasteiger partial charge is 0.467 e. The Hall–Kier alpha value is -5.82. The standard InChI is InChI=1S/C15H20ClN3O.C15H21NO4.C12H6F2N2O2/c1-15(2,3)14(20)13(19-10-17-9-18-19)8-11-4-6-12(16)7-5-11;1-10-7-6-8-11(2)14(10)16(13(17)9-19-4)12(3)15(18)20-5;13-12(14)17-10-3-1-2-8(11(10)18-12)9-6-16-5-7(9)4-15/h4-7,9-10,13-14,20H,8H2,1-3H3;6-8,12H,9H2,1-5H3;1-3,5-6,16H/t13-,14+;12-;/m01./s1. The maximum absolute atomic E-state index is 13.0. The molecule has 5 aromatic rings. The number of nitrogens with one attached hydrogen (secondary N) is 1. The number of aromatic amines is 1. The summed E-state index contributed by atoms with van der Waals surface area (Å²) in [7, 11) is 2.76. The van der Waals surface area contributed by atoms with Crippen LogP contribution in [0.5, 0.6) is 11.5 Å². The van der Waals surface area contributed by atoms with Gasteiger partial charge in [-0.05, 0) is 67.5 Å². The van der Waals surface area contributed by atoms with Crippen molar-refractivity contribution in [2.45, 2.75) is 72.4 Å². The summed E-state index contributed by atoms with van der Waals surface area (Å²) in [5.74, 6) is -0.832. The lowest BCUT2D eigenvalue weighted by molar-refractivity contribution is -0.286. The van der Waals surface area contributed by atoms with Crippen molar-refractivity contribution in [2.75, 3.05) is 25.7 Å². The van der Waals surface area contributed by atoms with E-state index < -0.39 is 24.4 Å². The van der Waals surface area contributed by atoms with Crippen LogP contribution in [0.15, 0.2) is 85.7 Å². The van der Waals surface area contributed by atoms with Crippen molar-refractivity contribution in [1.29, 1.82) is 5.26 Å². The number of esters is 1. The third-order valence-electron chi connectivity index (χ3n) is 9.12. The Bertz CT molecular complexity index is 2160. The quantitative estimate of drug-likeness (QED) is 0.133. The van der Waals surface area contributed by atoms with Gasteiger partial charge >= 0.3 is 12.3 Å². The number of carbonyl (C=O) groups is 2. The summed E-state index contributed by atoms with van der Waals surface area (Å²) in [4.78, 5) is 32.3. The number of alkyl halides is 2. The fourth-order valence-electron chi connectivity index (χ4n) is 6.23. The maximum atomic E-state index is 13.0. The molecule has 3 aromatic carbocycles. The highest BCUT2D eigenvalue weighted by Crippen LogP contribution is 2.47. The van der Waals surface area contributed by atoms with Gasteiger partial charge in [-0.1, -0.05) is 74.8 Å². The van der Waals surface area contributed by atoms with E-state index in [1.54, 1.807) is 36.3 Å². The summed E-state index contributed by atoms with van der Waals surface area (Å²) in [5.41, 5.74) is 4.68. The average Bonchev–Trinajstić information content (AvgIpc) is 3.95. The van der Waals surface area contributed by atoms with Gasteiger partial charge in [0.05, 0.1) is 30.5 Å². The molecule has 6 rings (SSSR count). The van der Waals surface area contributed by atoms with Crippen LogP contribution in [0.3, 0.4) is 0 Å². The lowest BCUT2D eigenvalue weighted by atomic mass is 9.82. The first kappa shape index (κ1) is 44.9. The van der Waals surface area contributed by atoms with E-state index in [2.05, 4.69) is 24.5 Å². The topological polar surface area (TPSA) is 165 Å². The number of aliphatic hydroxyl groups excluding tert-OH is 1. The van der Waals surface area contributed by atoms with Crippen molar-refractivity contribution in [3.8, 4) is 28.7 Å². The molecule has 0 radical (unpaired) electrons. The Morgan fingerprint density at radius 2 is 1.69 bits per heavy atom. The number of benzene rings is 3. The van der Waals surface area contributed by atoms with Gasteiger partial charge in [0, 0.05) is 35.7 Å². The molecule has 3 heterocycles. The number of aliphatic hydroxyl groups is 1. The minimum absolute atomic E-state index is 0.0393. The summed E-state index contributed by atoms with van der Waals surface area (Å²) < 4.78 is 46.3. The van der Waals surface area contributed by atoms with Gasteiger partial charge in [0.25, 0.3) is 5.91 Å². The molecule has 0 fully saturated rings. The third kappa shape index (κ3) is 11.2. The summed E-state index contributed by atoms with van der Waals surface area (Å²) in [6.45, 7) is 11.4. The van der Waals surface area contributed by atoms with Crippen LogP contribution in [0, 0.1) is 30.6 Å². The number of aryl methyl sites for hydroxylation is 2. The van der Waals surface area contributed by atoms with E-state index in [0.717, 1.165) is 22.4 Å². The van der Waals surface area contributed by atoms with Crippen LogP contribution in [0.2, 0.25) is 5.02 Å². The molecule has 308 valence electrons. The van der Waals surface area contributed by atoms with Crippen molar-refractivity contribution in [3.63, 3.8) is 0 Å². The number of rotatable bonds is 10. The number of H-pyrrole nitrogens is 1. The molecule has 58 heavy (non-hydrogen) atoms. The average molecular weight is 821 g/mol. The van der Waals surface area contributed by atoms with E-state index >= 15 is 0 Å². The van der Waals surface area contributed by atoms with Crippen molar-refractivity contribution >= 4 is 29.2 Å². The van der Waals surface area contributed by atoms with Gasteiger partial charge in [0.2, 0.25) is 0 Å². The number of halogens is 3. The predicted molar refractivity (Wildman–Crippen MR) is 214 cm³/mol. The Kier molecular flexibility index (Phi) is 15.1. The lowest BCUT2D eigenvalue weighted by Gasteiger charge is -2.33. The molecule has 0 saturated carbocycles. The fourth-order valence-corrected chi connectivity index (χ4v) is 6.35. The monoisotopic (exact) mass is 820 g/mol. The van der Waals surface area contributed by atoms with Gasteiger partial charge in [-0.25, -0.2) is 14.5 Å². The number of carbonyl (C=O) groups excluding carboxylic acids is 2. The molecule has 0 spiro atoms. The number of hydrogen-bond donors (Lipinski definition) is 2. The Morgan fingerprint density at radius 1 is 1.03 bits per heavy atom. The van der Waals surface area contributed by atoms with E-state index in [1.807, 2.05) is 83.2 Å². The van der Waals surface area contributed by atoms with Crippen molar-refractivity contribution in [1.82, 2.24) is 19.7 Å². The molecule has 13 nitrogen and oxygen atoms in total. The van der Waals surface area contributed by atoms with E-state index in [9.17, 15) is 23.5 Å². The summed E-state index contributed by atoms with van der Waals surface area (Å²) >= 11 is 5.91. The maximum Gasteiger partial charge on any atom is 0.586 e. The van der Waals surface area contributed by atoms with Gasteiger partial charge in [-0.3, -0.25) is 9.69 Å². The van der Waals surface area contributed by atoms with Crippen LogP contribution >= 0.6 is 11.6 Å². The number of hydrogen-bond acceptors (Lipinski definition) is 10. The highest BCUT2D eigenvalue weighted by Gasteiger charge is 2.44. The van der Waals surface area contributed by atoms with Crippen molar-refractivity contribution in [2.24, 2.45) is 5.41 Å². The zero-order chi connectivity index (χ0) is 42.8. The fraction of sp³-hybridized carbons (Fsp3) is 0.357. The molecule has 0 saturated heterocycles. The Balaban J connectivity index is 0.000000193. The minimum atomic E-state index is -3.67. The largest absolute Gasteiger partial charge is 0.586 e. The van der Waals surface area contributed by atoms with Gasteiger partial charge in [0.1, 0.15) is 31.4 Å². The van der Waals surface area contributed by atoms with Crippen LogP contribution in [-0.4, -0.2) is 76.0 Å². The molecule has 0 bridgehead atoms. The molecule has 3 atom stereocenters. The van der Waals surface area contributed by atoms with Crippen molar-refractivity contribution < 1.29 is 42.4 Å². The summed E-state index contributed by atoms with van der Waals surface area (Å²) in [6.07, 6.45) is 2.66. The van der Waals surface area contributed by atoms with Crippen LogP contribution in [-0.2, 0) is 25.5 Å². The number of para-hydroxylation sites is 2. The SMILES string of the molecule is CC(C)(C)[C@H](O)[C@H](Cc1ccc(Cl)cc1)n1cncn1.COCC(=O)N(c1c(C)cccc1C)[C@H](C)C(=O)OC.N#Cc1c[nH]cc1-c1cccc2c1OC(F)(F)O2. The molecule has 1 aliphatic heterocycles. The predicted octanol–water partition coefficient (Wildman–Crippen LogP) is 7.84. The van der Waals surface area contributed by atoms with Crippen LogP contribution in [0.25, 0.3) is 11.1 Å². The summed E-state index contributed by atoms with van der Waals surface area (Å²) in [6, 6.07) is 19.0. The second-order valence-corrected chi connectivity index (χ2v) is 14.9. The van der Waals surface area contributed by atoms with E-state index in [0.29, 0.717) is 28.1 Å². The number of methoxy groups -OCH3 is 2. The number of ether oxygens (including phenoxy) is 4. The highest BCUT2D eigenvalue weighted by molar-refractivity contribution is 6.30. The molecule has 2 aromatic heterocycles. The van der Waals surface area contributed by atoms with Gasteiger partial charge in [-0.2, -0.15) is 10.4 Å². The Labute approximate surface area is 341 Å².